The van der Waals surface area contributed by atoms with Gasteiger partial charge in [-0.25, -0.2) is 0 Å². The van der Waals surface area contributed by atoms with Crippen LogP contribution in [-0.2, 0) is 24.3 Å². The van der Waals surface area contributed by atoms with Crippen molar-refractivity contribution in [3.8, 4) is 0 Å². The Morgan fingerprint density at radius 3 is 2.27 bits per heavy atom. The molecule has 0 bridgehead atoms. The molecule has 0 aliphatic carbocycles. The van der Waals surface area contributed by atoms with Gasteiger partial charge in [-0.2, -0.15) is 0 Å². The monoisotopic (exact) mass is 437 g/mol. The van der Waals surface area contributed by atoms with Crippen molar-refractivity contribution in [1.82, 2.24) is 14.8 Å². The summed E-state index contributed by atoms with van der Waals surface area (Å²) in [6.45, 7) is 3.19. The summed E-state index contributed by atoms with van der Waals surface area (Å²) in [4.78, 5) is 29.1. The maximum Gasteiger partial charge on any atom is 0.271 e. The van der Waals surface area contributed by atoms with E-state index in [-0.39, 0.29) is 11.8 Å². The normalized spacial score (nSPS) is 17.7. The summed E-state index contributed by atoms with van der Waals surface area (Å²) in [7, 11) is 0. The van der Waals surface area contributed by atoms with E-state index in [1.54, 1.807) is 4.90 Å². The smallest absolute Gasteiger partial charge is 0.271 e. The Labute approximate surface area is 193 Å². The Bertz CT molecular complexity index is 1300. The topological polar surface area (TPSA) is 54.3 Å². The first-order valence-electron chi connectivity index (χ1n) is 11.3. The molecule has 1 aliphatic heterocycles. The van der Waals surface area contributed by atoms with Crippen molar-refractivity contribution in [3.63, 3.8) is 0 Å². The molecule has 4 aromatic rings. The molecule has 166 valence electrons. The second-order valence-corrected chi connectivity index (χ2v) is 8.81. The summed E-state index contributed by atoms with van der Waals surface area (Å²) in [5.74, 6) is -0.248. The standard InChI is InChI=1S/C28H27N3O2/c1-28(27(33)29-19-22-12-6-3-7-13-22)20-30-24-15-9-8-14-23(24)18-25(30)26(32)31(28)17-16-21-10-4-2-5-11-21/h2-15,18H,16-17,19-20H2,1H3,(H,29,33). The van der Waals surface area contributed by atoms with Crippen molar-refractivity contribution >= 4 is 22.7 Å². The number of para-hydroxylation sites is 1. The molecule has 33 heavy (non-hydrogen) atoms. The van der Waals surface area contributed by atoms with E-state index in [0.717, 1.165) is 22.0 Å². The first kappa shape index (κ1) is 21.0. The number of hydrogen-bond donors (Lipinski definition) is 1. The zero-order chi connectivity index (χ0) is 22.8. The number of fused-ring (bicyclic) bond motifs is 3. The van der Waals surface area contributed by atoms with Crippen molar-refractivity contribution in [1.29, 1.82) is 0 Å². The highest BCUT2D eigenvalue weighted by atomic mass is 16.2. The van der Waals surface area contributed by atoms with Gasteiger partial charge in [0.15, 0.2) is 0 Å². The van der Waals surface area contributed by atoms with Crippen LogP contribution in [0.25, 0.3) is 10.9 Å². The molecule has 3 aromatic carbocycles. The third kappa shape index (κ3) is 3.91. The molecule has 1 N–H and O–H groups in total. The summed E-state index contributed by atoms with van der Waals surface area (Å²) in [6.07, 6.45) is 0.689. The van der Waals surface area contributed by atoms with Gasteiger partial charge < -0.3 is 14.8 Å². The summed E-state index contributed by atoms with van der Waals surface area (Å²) < 4.78 is 2.00. The number of aromatic nitrogens is 1. The van der Waals surface area contributed by atoms with Crippen LogP contribution in [0.2, 0.25) is 0 Å². The summed E-state index contributed by atoms with van der Waals surface area (Å²) in [5.41, 5.74) is 2.78. The fourth-order valence-corrected chi connectivity index (χ4v) is 4.71. The zero-order valence-electron chi connectivity index (χ0n) is 18.7. The third-order valence-electron chi connectivity index (χ3n) is 6.59. The Morgan fingerprint density at radius 1 is 0.909 bits per heavy atom. The van der Waals surface area contributed by atoms with Crippen LogP contribution in [0.15, 0.2) is 91.0 Å². The molecule has 1 unspecified atom stereocenters. The fourth-order valence-electron chi connectivity index (χ4n) is 4.71. The highest BCUT2D eigenvalue weighted by Crippen LogP contribution is 2.32. The molecule has 0 radical (unpaired) electrons. The van der Waals surface area contributed by atoms with Gasteiger partial charge in [0.2, 0.25) is 5.91 Å². The molecule has 0 saturated carbocycles. The molecule has 1 aliphatic rings. The van der Waals surface area contributed by atoms with Crippen LogP contribution in [0.4, 0.5) is 0 Å². The van der Waals surface area contributed by atoms with Crippen LogP contribution >= 0.6 is 0 Å². The van der Waals surface area contributed by atoms with Crippen LogP contribution in [0, 0.1) is 0 Å². The molecule has 1 aromatic heterocycles. The van der Waals surface area contributed by atoms with E-state index in [9.17, 15) is 9.59 Å². The van der Waals surface area contributed by atoms with Crippen LogP contribution in [-0.4, -0.2) is 33.4 Å². The predicted molar refractivity (Wildman–Crippen MR) is 130 cm³/mol. The van der Waals surface area contributed by atoms with Crippen LogP contribution in [0.1, 0.15) is 28.5 Å². The average Bonchev–Trinajstić information content (AvgIpc) is 3.22. The van der Waals surface area contributed by atoms with Crippen molar-refractivity contribution < 1.29 is 9.59 Å². The lowest BCUT2D eigenvalue weighted by Gasteiger charge is -2.44. The number of carbonyl (C=O) groups excluding carboxylic acids is 2. The molecule has 2 heterocycles. The van der Waals surface area contributed by atoms with Crippen LogP contribution in [0.5, 0.6) is 0 Å². The molecule has 5 heteroatoms. The Kier molecular flexibility index (Phi) is 5.47. The SMILES string of the molecule is CC1(C(=O)NCc2ccccc2)Cn2c(cc3ccccc32)C(=O)N1CCc1ccccc1. The summed E-state index contributed by atoms with van der Waals surface area (Å²) in [5, 5.41) is 4.09. The van der Waals surface area contributed by atoms with Crippen molar-refractivity contribution in [2.75, 3.05) is 6.54 Å². The van der Waals surface area contributed by atoms with Gasteiger partial charge in [-0.3, -0.25) is 9.59 Å². The van der Waals surface area contributed by atoms with E-state index in [4.69, 9.17) is 0 Å². The van der Waals surface area contributed by atoms with Gasteiger partial charge in [0.05, 0.1) is 6.54 Å². The number of hydrogen-bond acceptors (Lipinski definition) is 2. The number of nitrogens with zero attached hydrogens (tertiary/aromatic N) is 2. The number of rotatable bonds is 6. The minimum absolute atomic E-state index is 0.106. The maximum atomic E-state index is 13.7. The van der Waals surface area contributed by atoms with Gasteiger partial charge >= 0.3 is 0 Å². The van der Waals surface area contributed by atoms with E-state index in [2.05, 4.69) is 17.4 Å². The van der Waals surface area contributed by atoms with E-state index >= 15 is 0 Å². The van der Waals surface area contributed by atoms with E-state index < -0.39 is 5.54 Å². The Hall–Kier alpha value is -3.86. The minimum atomic E-state index is -1.00. The van der Waals surface area contributed by atoms with Crippen LogP contribution in [0.3, 0.4) is 0 Å². The highest BCUT2D eigenvalue weighted by Gasteiger charge is 2.47. The quantitative estimate of drug-likeness (QED) is 0.486. The molecule has 0 fully saturated rings. The lowest BCUT2D eigenvalue weighted by molar-refractivity contribution is -0.133. The first-order valence-corrected chi connectivity index (χ1v) is 11.3. The third-order valence-corrected chi connectivity index (χ3v) is 6.59. The first-order chi connectivity index (χ1) is 16.1. The molecule has 2 amide bonds. The molecule has 0 saturated heterocycles. The lowest BCUT2D eigenvalue weighted by Crippen LogP contribution is -2.64. The second-order valence-electron chi connectivity index (χ2n) is 8.81. The van der Waals surface area contributed by atoms with Gasteiger partial charge in [-0.15, -0.1) is 0 Å². The summed E-state index contributed by atoms with van der Waals surface area (Å²) >= 11 is 0. The zero-order valence-corrected chi connectivity index (χ0v) is 18.7. The average molecular weight is 438 g/mol. The molecular weight excluding hydrogens is 410 g/mol. The number of amides is 2. The molecule has 5 nitrogen and oxygen atoms in total. The predicted octanol–water partition coefficient (Wildman–Crippen LogP) is 4.41. The lowest BCUT2D eigenvalue weighted by atomic mass is 9.93. The maximum absolute atomic E-state index is 13.7. The Morgan fingerprint density at radius 2 is 1.55 bits per heavy atom. The Balaban J connectivity index is 1.48. The van der Waals surface area contributed by atoms with Crippen molar-refractivity contribution in [2.24, 2.45) is 0 Å². The van der Waals surface area contributed by atoms with Crippen molar-refractivity contribution in [3.05, 3.63) is 108 Å². The summed E-state index contributed by atoms with van der Waals surface area (Å²) in [6, 6.07) is 29.8. The van der Waals surface area contributed by atoms with Crippen LogP contribution < -0.4 is 5.32 Å². The number of benzene rings is 3. The van der Waals surface area contributed by atoms with E-state index in [1.807, 2.05) is 90.4 Å². The number of nitrogens with one attached hydrogen (secondary N) is 1. The van der Waals surface area contributed by atoms with Gasteiger partial charge in [0.25, 0.3) is 5.91 Å². The van der Waals surface area contributed by atoms with Gasteiger partial charge in [0, 0.05) is 24.0 Å². The molecular formula is C28H27N3O2. The number of carbonyl (C=O) groups is 2. The van der Waals surface area contributed by atoms with E-state index in [1.165, 1.54) is 0 Å². The van der Waals surface area contributed by atoms with Gasteiger partial charge in [-0.05, 0) is 36.6 Å². The van der Waals surface area contributed by atoms with Gasteiger partial charge in [0.1, 0.15) is 11.2 Å². The highest BCUT2D eigenvalue weighted by molar-refractivity contribution is 6.03. The largest absolute Gasteiger partial charge is 0.350 e. The second kappa shape index (κ2) is 8.58. The molecule has 5 rings (SSSR count). The molecule has 1 atom stereocenters. The fraction of sp³-hybridized carbons (Fsp3) is 0.214. The molecule has 0 spiro atoms. The minimum Gasteiger partial charge on any atom is -0.350 e. The van der Waals surface area contributed by atoms with E-state index in [0.29, 0.717) is 31.7 Å². The van der Waals surface area contributed by atoms with Crippen molar-refractivity contribution in [2.45, 2.75) is 32.0 Å². The van der Waals surface area contributed by atoms with Gasteiger partial charge in [-0.1, -0.05) is 78.9 Å².